The largest absolute Gasteiger partial charge is 0.256 e. The van der Waals surface area contributed by atoms with Crippen molar-refractivity contribution >= 4 is 10.8 Å². The minimum Gasteiger partial charge on any atom is -0.256 e. The van der Waals surface area contributed by atoms with Gasteiger partial charge in [0.1, 0.15) is 0 Å². The van der Waals surface area contributed by atoms with Crippen LogP contribution in [0.2, 0.25) is 0 Å². The van der Waals surface area contributed by atoms with Gasteiger partial charge in [-0.15, -0.1) is 0 Å². The number of rotatable bonds is 9. The van der Waals surface area contributed by atoms with E-state index in [4.69, 9.17) is 15.0 Å². The molecule has 0 N–H and O–H groups in total. The summed E-state index contributed by atoms with van der Waals surface area (Å²) < 4.78 is 0. The zero-order valence-corrected chi connectivity index (χ0v) is 38.8. The third-order valence-corrected chi connectivity index (χ3v) is 13.7. The average Bonchev–Trinajstić information content (AvgIpc) is 3.80. The Bertz CT molecular complexity index is 3890. The van der Waals surface area contributed by atoms with Gasteiger partial charge in [0, 0.05) is 40.2 Å². The van der Waals surface area contributed by atoms with Gasteiger partial charge in [-0.25, -0.2) is 15.0 Å². The van der Waals surface area contributed by atoms with Gasteiger partial charge in [-0.1, -0.05) is 194 Å². The van der Waals surface area contributed by atoms with E-state index in [0.29, 0.717) is 23.0 Å². The lowest BCUT2D eigenvalue weighted by Gasteiger charge is -2.15. The maximum atomic E-state index is 9.53. The third kappa shape index (κ3) is 7.68. The first kappa shape index (κ1) is 42.2. The van der Waals surface area contributed by atoms with Crippen LogP contribution in [0.5, 0.6) is 0 Å². The number of pyridine rings is 2. The molecule has 12 aromatic rings. The number of benzene rings is 9. The molecular formula is C66H40N6. The molecule has 0 fully saturated rings. The summed E-state index contributed by atoms with van der Waals surface area (Å²) in [6.45, 7) is 0. The number of nitriles is 1. The Morgan fingerprint density at radius 3 is 0.917 bits per heavy atom. The van der Waals surface area contributed by atoms with E-state index in [1.807, 2.05) is 72.8 Å². The summed E-state index contributed by atoms with van der Waals surface area (Å²) in [5.74, 6) is 1.77. The van der Waals surface area contributed by atoms with E-state index in [1.54, 1.807) is 12.4 Å². The Kier molecular flexibility index (Phi) is 10.5. The molecule has 1 aliphatic carbocycles. The van der Waals surface area contributed by atoms with Crippen LogP contribution in [0.25, 0.3) is 134 Å². The maximum absolute atomic E-state index is 9.53. The standard InChI is InChI=1S/C66H40N6/c67-41-42-11-13-47(14-12-42)54-35-37-58-56-7-1-2-8-57(56)59-38-36-55(62(54)63(58)59)48-23-19-45(20-24-48)43-15-17-44(18-16-43)46-21-29-51(30-22-46)64-70-65(52-31-25-49(26-32-52)60-9-3-5-39-68-60)72-66(71-64)53-33-27-50(28-34-53)61-10-4-6-40-69-61/h1-40H. The lowest BCUT2D eigenvalue weighted by Crippen LogP contribution is -2.00. The summed E-state index contributed by atoms with van der Waals surface area (Å²) in [4.78, 5) is 24.1. The molecule has 3 aromatic heterocycles. The van der Waals surface area contributed by atoms with Crippen LogP contribution in [0, 0.1) is 11.3 Å². The van der Waals surface area contributed by atoms with Crippen molar-refractivity contribution in [1.29, 1.82) is 5.26 Å². The highest BCUT2D eigenvalue weighted by Crippen LogP contribution is 2.52. The van der Waals surface area contributed by atoms with E-state index in [-0.39, 0.29) is 0 Å². The molecule has 0 spiro atoms. The van der Waals surface area contributed by atoms with Crippen molar-refractivity contribution in [2.75, 3.05) is 0 Å². The van der Waals surface area contributed by atoms with Crippen molar-refractivity contribution in [3.63, 3.8) is 0 Å². The predicted octanol–water partition coefficient (Wildman–Crippen LogP) is 16.3. The Morgan fingerprint density at radius 2 is 0.556 bits per heavy atom. The molecule has 334 valence electrons. The highest BCUT2D eigenvalue weighted by Gasteiger charge is 2.25. The summed E-state index contributed by atoms with van der Waals surface area (Å²) in [6, 6.07) is 82.3. The van der Waals surface area contributed by atoms with Gasteiger partial charge in [0.15, 0.2) is 17.5 Å². The van der Waals surface area contributed by atoms with E-state index in [2.05, 4.69) is 174 Å². The van der Waals surface area contributed by atoms with Crippen molar-refractivity contribution in [2.24, 2.45) is 0 Å². The van der Waals surface area contributed by atoms with Crippen molar-refractivity contribution in [3.05, 3.63) is 248 Å². The van der Waals surface area contributed by atoms with Crippen LogP contribution < -0.4 is 0 Å². The van der Waals surface area contributed by atoms with E-state index in [0.717, 1.165) is 78.1 Å². The molecule has 0 unspecified atom stereocenters. The Balaban J connectivity index is 0.792. The quantitative estimate of drug-likeness (QED) is 0.143. The third-order valence-electron chi connectivity index (χ3n) is 13.7. The van der Waals surface area contributed by atoms with E-state index >= 15 is 0 Å². The number of hydrogen-bond acceptors (Lipinski definition) is 6. The van der Waals surface area contributed by atoms with Crippen LogP contribution in [0.1, 0.15) is 5.56 Å². The van der Waals surface area contributed by atoms with Crippen molar-refractivity contribution in [1.82, 2.24) is 24.9 Å². The Hall–Kier alpha value is -9.96. The average molecular weight is 917 g/mol. The van der Waals surface area contributed by atoms with Gasteiger partial charge in [-0.05, 0) is 114 Å². The monoisotopic (exact) mass is 916 g/mol. The van der Waals surface area contributed by atoms with Gasteiger partial charge in [0.2, 0.25) is 0 Å². The lowest BCUT2D eigenvalue weighted by molar-refractivity contribution is 1.07. The van der Waals surface area contributed by atoms with Crippen LogP contribution >= 0.6 is 0 Å². The van der Waals surface area contributed by atoms with E-state index < -0.39 is 0 Å². The topological polar surface area (TPSA) is 88.2 Å². The van der Waals surface area contributed by atoms with E-state index in [9.17, 15) is 5.26 Å². The summed E-state index contributed by atoms with van der Waals surface area (Å²) in [7, 11) is 0. The molecule has 0 aliphatic heterocycles. The zero-order chi connectivity index (χ0) is 48.0. The van der Waals surface area contributed by atoms with Crippen molar-refractivity contribution in [2.45, 2.75) is 0 Å². The van der Waals surface area contributed by atoms with Gasteiger partial charge >= 0.3 is 0 Å². The number of fused-ring (bicyclic) bond motifs is 3. The van der Waals surface area contributed by atoms with Gasteiger partial charge in [0.05, 0.1) is 23.0 Å². The predicted molar refractivity (Wildman–Crippen MR) is 291 cm³/mol. The molecule has 13 rings (SSSR count). The molecule has 72 heavy (non-hydrogen) atoms. The van der Waals surface area contributed by atoms with Crippen LogP contribution in [0.3, 0.4) is 0 Å². The van der Waals surface area contributed by atoms with Crippen LogP contribution in [-0.2, 0) is 0 Å². The fourth-order valence-corrected chi connectivity index (χ4v) is 10.0. The van der Waals surface area contributed by atoms with Gasteiger partial charge < -0.3 is 0 Å². The van der Waals surface area contributed by atoms with Gasteiger partial charge in [-0.2, -0.15) is 5.26 Å². The van der Waals surface area contributed by atoms with E-state index in [1.165, 1.54) is 38.6 Å². The van der Waals surface area contributed by atoms with Crippen molar-refractivity contribution < 1.29 is 0 Å². The Morgan fingerprint density at radius 1 is 0.250 bits per heavy atom. The molecule has 1 aliphatic rings. The molecular weight excluding hydrogens is 877 g/mol. The summed E-state index contributed by atoms with van der Waals surface area (Å²) >= 11 is 0. The molecule has 0 saturated heterocycles. The second-order valence-electron chi connectivity index (χ2n) is 17.9. The van der Waals surface area contributed by atoms with Crippen molar-refractivity contribution in [3.8, 4) is 130 Å². The first-order chi connectivity index (χ1) is 35.6. The molecule has 6 nitrogen and oxygen atoms in total. The SMILES string of the molecule is N#Cc1ccc(-c2ccc3c4c(ccc(-c5ccc(-c6ccc(-c7ccc(-c8nc(-c9ccc(-c%10ccccn%10)cc9)nc(-c9ccc(-c%10ccccn%10)cc9)n8)cc7)cc6)cc5)c24)-c2ccccc2-3)cc1. The molecule has 0 atom stereocenters. The van der Waals surface area contributed by atoms with Gasteiger partial charge in [0.25, 0.3) is 0 Å². The fourth-order valence-electron chi connectivity index (χ4n) is 10.0. The first-order valence-electron chi connectivity index (χ1n) is 23.9. The highest BCUT2D eigenvalue weighted by atomic mass is 15.0. The number of hydrogen-bond donors (Lipinski definition) is 0. The number of aromatic nitrogens is 5. The molecule has 9 aromatic carbocycles. The highest BCUT2D eigenvalue weighted by molar-refractivity contribution is 6.22. The van der Waals surface area contributed by atoms with Crippen LogP contribution in [0.4, 0.5) is 0 Å². The maximum Gasteiger partial charge on any atom is 0.164 e. The smallest absolute Gasteiger partial charge is 0.164 e. The molecule has 0 bridgehead atoms. The molecule has 0 saturated carbocycles. The second-order valence-corrected chi connectivity index (χ2v) is 17.9. The summed E-state index contributed by atoms with van der Waals surface area (Å²) in [5.41, 5.74) is 21.3. The molecule has 6 heteroatoms. The Labute approximate surface area is 417 Å². The molecule has 0 amide bonds. The summed E-state index contributed by atoms with van der Waals surface area (Å²) in [6.07, 6.45) is 3.61. The number of nitrogens with zero attached hydrogens (tertiary/aromatic N) is 6. The summed E-state index contributed by atoms with van der Waals surface area (Å²) in [5, 5.41) is 12.0. The zero-order valence-electron chi connectivity index (χ0n) is 38.8. The lowest BCUT2D eigenvalue weighted by atomic mass is 9.88. The second kappa shape index (κ2) is 17.8. The van der Waals surface area contributed by atoms with Gasteiger partial charge in [-0.3, -0.25) is 9.97 Å². The minimum atomic E-state index is 0.591. The fraction of sp³-hybridized carbons (Fsp3) is 0. The minimum absolute atomic E-state index is 0.591. The normalized spacial score (nSPS) is 11.3. The molecule has 3 heterocycles. The first-order valence-corrected chi connectivity index (χ1v) is 23.9. The van der Waals surface area contributed by atoms with Crippen LogP contribution in [-0.4, -0.2) is 24.9 Å². The molecule has 0 radical (unpaired) electrons. The van der Waals surface area contributed by atoms with Crippen LogP contribution in [0.15, 0.2) is 243 Å².